The van der Waals surface area contributed by atoms with Gasteiger partial charge in [-0.25, -0.2) is 0 Å². The number of aryl methyl sites for hydroxylation is 1. The first-order valence-electron chi connectivity index (χ1n) is 5.97. The van der Waals surface area contributed by atoms with E-state index in [1.165, 1.54) is 16.9 Å². The van der Waals surface area contributed by atoms with Crippen molar-refractivity contribution in [2.45, 2.75) is 13.3 Å². The Morgan fingerprint density at radius 2 is 1.94 bits per heavy atom. The molecular formula is C15H16N2. The number of nitrogen functional groups attached to an aromatic ring is 1. The molecule has 1 aliphatic rings. The number of hydrogen-bond donors (Lipinski definition) is 1. The van der Waals surface area contributed by atoms with E-state index in [4.69, 9.17) is 5.73 Å². The number of nitrogens with zero attached hydrogens (tertiary/aromatic N) is 1. The molecule has 0 bridgehead atoms. The van der Waals surface area contributed by atoms with E-state index in [-0.39, 0.29) is 0 Å². The van der Waals surface area contributed by atoms with Crippen LogP contribution in [-0.4, -0.2) is 6.54 Å². The van der Waals surface area contributed by atoms with Crippen LogP contribution in [0.2, 0.25) is 0 Å². The minimum Gasteiger partial charge on any atom is -0.399 e. The second-order valence-electron chi connectivity index (χ2n) is 4.57. The Labute approximate surface area is 102 Å². The van der Waals surface area contributed by atoms with Gasteiger partial charge in [-0.05, 0) is 48.7 Å². The minimum atomic E-state index is 0.862. The molecule has 2 heteroatoms. The van der Waals surface area contributed by atoms with E-state index in [9.17, 15) is 0 Å². The van der Waals surface area contributed by atoms with Crippen LogP contribution in [0.5, 0.6) is 0 Å². The van der Waals surface area contributed by atoms with Crippen molar-refractivity contribution in [3.63, 3.8) is 0 Å². The zero-order valence-electron chi connectivity index (χ0n) is 9.98. The zero-order valence-corrected chi connectivity index (χ0v) is 9.98. The van der Waals surface area contributed by atoms with Crippen LogP contribution in [0.1, 0.15) is 11.1 Å². The van der Waals surface area contributed by atoms with Crippen molar-refractivity contribution in [3.05, 3.63) is 53.6 Å². The zero-order chi connectivity index (χ0) is 11.8. The molecule has 0 amide bonds. The van der Waals surface area contributed by atoms with Gasteiger partial charge in [0.1, 0.15) is 0 Å². The molecule has 3 rings (SSSR count). The highest BCUT2D eigenvalue weighted by atomic mass is 15.2. The monoisotopic (exact) mass is 224 g/mol. The molecule has 0 aromatic heterocycles. The molecule has 0 spiro atoms. The van der Waals surface area contributed by atoms with E-state index in [1.54, 1.807) is 0 Å². The van der Waals surface area contributed by atoms with Gasteiger partial charge in [-0.3, -0.25) is 0 Å². The summed E-state index contributed by atoms with van der Waals surface area (Å²) in [6.07, 6.45) is 1.12. The van der Waals surface area contributed by atoms with Gasteiger partial charge in [0.15, 0.2) is 0 Å². The van der Waals surface area contributed by atoms with Crippen LogP contribution in [0, 0.1) is 6.92 Å². The van der Waals surface area contributed by atoms with Crippen LogP contribution in [0.25, 0.3) is 0 Å². The van der Waals surface area contributed by atoms with E-state index in [2.05, 4.69) is 48.2 Å². The number of nitrogens with two attached hydrogens (primary N) is 1. The van der Waals surface area contributed by atoms with Gasteiger partial charge in [0, 0.05) is 23.6 Å². The van der Waals surface area contributed by atoms with Crippen LogP contribution in [0.3, 0.4) is 0 Å². The molecule has 0 unspecified atom stereocenters. The average molecular weight is 224 g/mol. The average Bonchev–Trinajstić information content (AvgIpc) is 2.76. The van der Waals surface area contributed by atoms with E-state index < -0.39 is 0 Å². The number of benzene rings is 2. The quantitative estimate of drug-likeness (QED) is 0.753. The fraction of sp³-hybridized carbons (Fsp3) is 0.200. The van der Waals surface area contributed by atoms with Gasteiger partial charge in [0.25, 0.3) is 0 Å². The first-order chi connectivity index (χ1) is 8.25. The molecular weight excluding hydrogens is 208 g/mol. The van der Waals surface area contributed by atoms with Crippen molar-refractivity contribution in [3.8, 4) is 0 Å². The van der Waals surface area contributed by atoms with Gasteiger partial charge in [-0.1, -0.05) is 18.2 Å². The van der Waals surface area contributed by atoms with Gasteiger partial charge in [-0.2, -0.15) is 0 Å². The molecule has 0 saturated heterocycles. The second-order valence-corrected chi connectivity index (χ2v) is 4.57. The lowest BCUT2D eigenvalue weighted by atomic mass is 10.1. The summed E-state index contributed by atoms with van der Waals surface area (Å²) in [6.45, 7) is 3.11. The van der Waals surface area contributed by atoms with E-state index in [1.807, 2.05) is 6.07 Å². The Bertz CT molecular complexity index is 561. The molecule has 2 N–H and O–H groups in total. The van der Waals surface area contributed by atoms with Crippen molar-refractivity contribution < 1.29 is 0 Å². The standard InChI is InChI=1S/C15H16N2/c1-11-10-13(6-7-14(11)16)17-9-8-12-4-2-3-5-15(12)17/h2-7,10H,8-9,16H2,1H3. The van der Waals surface area contributed by atoms with Crippen LogP contribution in [0.4, 0.5) is 17.1 Å². The fourth-order valence-electron chi connectivity index (χ4n) is 2.43. The summed E-state index contributed by atoms with van der Waals surface area (Å²) in [6, 6.07) is 14.9. The predicted octanol–water partition coefficient (Wildman–Crippen LogP) is 3.27. The Morgan fingerprint density at radius 3 is 2.76 bits per heavy atom. The van der Waals surface area contributed by atoms with E-state index in [0.29, 0.717) is 0 Å². The Morgan fingerprint density at radius 1 is 1.12 bits per heavy atom. The second kappa shape index (κ2) is 3.81. The lowest BCUT2D eigenvalue weighted by molar-refractivity contribution is 0.997. The first kappa shape index (κ1) is 10.2. The third-order valence-electron chi connectivity index (χ3n) is 3.45. The summed E-state index contributed by atoms with van der Waals surface area (Å²) in [4.78, 5) is 2.36. The normalized spacial score (nSPS) is 13.8. The molecule has 1 heterocycles. The number of rotatable bonds is 1. The molecule has 2 nitrogen and oxygen atoms in total. The SMILES string of the molecule is Cc1cc(N2CCc3ccccc32)ccc1N. The molecule has 0 atom stereocenters. The lowest BCUT2D eigenvalue weighted by Gasteiger charge is -2.20. The maximum Gasteiger partial charge on any atom is 0.0444 e. The van der Waals surface area contributed by atoms with Gasteiger partial charge in [0.05, 0.1) is 0 Å². The van der Waals surface area contributed by atoms with Gasteiger partial charge >= 0.3 is 0 Å². The topological polar surface area (TPSA) is 29.3 Å². The maximum absolute atomic E-state index is 5.86. The molecule has 2 aromatic carbocycles. The molecule has 0 radical (unpaired) electrons. The summed E-state index contributed by atoms with van der Waals surface area (Å²) in [5, 5.41) is 0. The van der Waals surface area contributed by atoms with Gasteiger partial charge < -0.3 is 10.6 Å². The van der Waals surface area contributed by atoms with Gasteiger partial charge in [0.2, 0.25) is 0 Å². The molecule has 2 aromatic rings. The third kappa shape index (κ3) is 1.66. The largest absolute Gasteiger partial charge is 0.399 e. The van der Waals surface area contributed by atoms with E-state index in [0.717, 1.165) is 24.2 Å². The molecule has 86 valence electrons. The summed E-state index contributed by atoms with van der Waals surface area (Å²) in [5.74, 6) is 0. The highest BCUT2D eigenvalue weighted by Crippen LogP contribution is 2.35. The smallest absolute Gasteiger partial charge is 0.0444 e. The summed E-state index contributed by atoms with van der Waals surface area (Å²) < 4.78 is 0. The molecule has 0 fully saturated rings. The Balaban J connectivity index is 2.04. The van der Waals surface area contributed by atoms with Crippen molar-refractivity contribution >= 4 is 17.1 Å². The first-order valence-corrected chi connectivity index (χ1v) is 5.97. The van der Waals surface area contributed by atoms with Crippen molar-refractivity contribution in [2.24, 2.45) is 0 Å². The number of para-hydroxylation sites is 1. The summed E-state index contributed by atoms with van der Waals surface area (Å²) >= 11 is 0. The third-order valence-corrected chi connectivity index (χ3v) is 3.45. The fourth-order valence-corrected chi connectivity index (χ4v) is 2.43. The van der Waals surface area contributed by atoms with Gasteiger partial charge in [-0.15, -0.1) is 0 Å². The van der Waals surface area contributed by atoms with Crippen molar-refractivity contribution in [2.75, 3.05) is 17.2 Å². The van der Waals surface area contributed by atoms with Crippen LogP contribution >= 0.6 is 0 Å². The highest BCUT2D eigenvalue weighted by molar-refractivity contribution is 5.71. The number of fused-ring (bicyclic) bond motifs is 1. The summed E-state index contributed by atoms with van der Waals surface area (Å²) in [5.41, 5.74) is 11.9. The number of hydrogen-bond acceptors (Lipinski definition) is 2. The Kier molecular flexibility index (Phi) is 2.29. The predicted molar refractivity (Wildman–Crippen MR) is 72.7 cm³/mol. The lowest BCUT2D eigenvalue weighted by Crippen LogP contribution is -2.13. The minimum absolute atomic E-state index is 0.862. The molecule has 0 saturated carbocycles. The highest BCUT2D eigenvalue weighted by Gasteiger charge is 2.19. The van der Waals surface area contributed by atoms with Crippen molar-refractivity contribution in [1.29, 1.82) is 0 Å². The maximum atomic E-state index is 5.86. The van der Waals surface area contributed by atoms with Crippen LogP contribution in [0.15, 0.2) is 42.5 Å². The van der Waals surface area contributed by atoms with Crippen LogP contribution < -0.4 is 10.6 Å². The van der Waals surface area contributed by atoms with Crippen LogP contribution in [-0.2, 0) is 6.42 Å². The molecule has 1 aliphatic heterocycles. The summed E-state index contributed by atoms with van der Waals surface area (Å²) in [7, 11) is 0. The molecule has 0 aliphatic carbocycles. The Hall–Kier alpha value is -1.96. The van der Waals surface area contributed by atoms with Crippen molar-refractivity contribution in [1.82, 2.24) is 0 Å². The molecule has 17 heavy (non-hydrogen) atoms. The van der Waals surface area contributed by atoms with E-state index >= 15 is 0 Å². The number of anilines is 3.